The number of rotatable bonds is 8. The van der Waals surface area contributed by atoms with Crippen LogP contribution in [0.2, 0.25) is 0 Å². The number of primary amides is 1. The van der Waals surface area contributed by atoms with Crippen LogP contribution in [-0.4, -0.2) is 40.5 Å². The zero-order chi connectivity index (χ0) is 24.2. The van der Waals surface area contributed by atoms with Crippen molar-refractivity contribution < 1.29 is 32.3 Å². The number of carbonyl (C=O) groups is 4. The zero-order valence-corrected chi connectivity index (χ0v) is 17.5. The topological polar surface area (TPSA) is 110 Å². The third kappa shape index (κ3) is 5.76. The molecule has 1 aliphatic rings. The third-order valence-corrected chi connectivity index (χ3v) is 5.45. The maximum absolute atomic E-state index is 13.4. The smallest absolute Gasteiger partial charge is 0.363 e. The van der Waals surface area contributed by atoms with Gasteiger partial charge in [0, 0.05) is 19.4 Å². The van der Waals surface area contributed by atoms with Gasteiger partial charge in [-0.25, -0.2) is 0 Å². The minimum atomic E-state index is -4.62. The van der Waals surface area contributed by atoms with Gasteiger partial charge >= 0.3 is 6.18 Å². The molecule has 3 rings (SSSR count). The fourth-order valence-corrected chi connectivity index (χ4v) is 3.82. The van der Waals surface area contributed by atoms with Gasteiger partial charge in [0.05, 0.1) is 5.56 Å². The Hall–Kier alpha value is -3.69. The van der Waals surface area contributed by atoms with Crippen LogP contribution in [0.1, 0.15) is 29.5 Å². The summed E-state index contributed by atoms with van der Waals surface area (Å²) in [6, 6.07) is 11.1. The van der Waals surface area contributed by atoms with Gasteiger partial charge in [-0.05, 0) is 23.6 Å². The molecule has 2 atom stereocenters. The van der Waals surface area contributed by atoms with Gasteiger partial charge in [-0.15, -0.1) is 0 Å². The van der Waals surface area contributed by atoms with E-state index in [2.05, 4.69) is 5.32 Å². The number of alkyl halides is 3. The van der Waals surface area contributed by atoms with Crippen molar-refractivity contribution in [1.82, 2.24) is 10.2 Å². The average molecular weight is 461 g/mol. The lowest BCUT2D eigenvalue weighted by Crippen LogP contribution is -2.53. The molecule has 1 heterocycles. The van der Waals surface area contributed by atoms with E-state index < -0.39 is 53.9 Å². The van der Waals surface area contributed by atoms with Crippen LogP contribution in [0, 0.1) is 0 Å². The first-order valence-corrected chi connectivity index (χ1v) is 10.2. The second-order valence-corrected chi connectivity index (χ2v) is 7.71. The number of hydrogen-bond donors (Lipinski definition) is 2. The van der Waals surface area contributed by atoms with E-state index in [9.17, 15) is 32.3 Å². The highest BCUT2D eigenvalue weighted by molar-refractivity contribution is 6.38. The Morgan fingerprint density at radius 2 is 1.70 bits per heavy atom. The number of halogens is 3. The van der Waals surface area contributed by atoms with E-state index in [0.717, 1.165) is 11.0 Å². The minimum absolute atomic E-state index is 0.00801. The van der Waals surface area contributed by atoms with Crippen molar-refractivity contribution in [2.24, 2.45) is 5.73 Å². The first-order valence-electron chi connectivity index (χ1n) is 10.2. The predicted molar refractivity (Wildman–Crippen MR) is 111 cm³/mol. The van der Waals surface area contributed by atoms with E-state index in [1.165, 1.54) is 18.2 Å². The molecule has 174 valence electrons. The predicted octanol–water partition coefficient (Wildman–Crippen LogP) is 1.98. The summed E-state index contributed by atoms with van der Waals surface area (Å²) in [5.41, 5.74) is 4.74. The fourth-order valence-electron chi connectivity index (χ4n) is 3.82. The molecule has 0 radical (unpaired) electrons. The van der Waals surface area contributed by atoms with Crippen molar-refractivity contribution in [3.63, 3.8) is 0 Å². The van der Waals surface area contributed by atoms with Crippen LogP contribution in [0.5, 0.6) is 0 Å². The number of carbonyl (C=O) groups excluding carboxylic acids is 4. The number of hydrogen-bond acceptors (Lipinski definition) is 4. The number of nitrogens with two attached hydrogens (primary N) is 1. The van der Waals surface area contributed by atoms with Crippen LogP contribution in [0.3, 0.4) is 0 Å². The van der Waals surface area contributed by atoms with Gasteiger partial charge in [-0.1, -0.05) is 48.5 Å². The summed E-state index contributed by atoms with van der Waals surface area (Å²) in [6.45, 7) is -0.417. The summed E-state index contributed by atoms with van der Waals surface area (Å²) >= 11 is 0. The molecule has 0 bridgehead atoms. The van der Waals surface area contributed by atoms with Crippen molar-refractivity contribution >= 4 is 23.5 Å². The summed E-state index contributed by atoms with van der Waals surface area (Å²) in [4.78, 5) is 50.2. The third-order valence-electron chi connectivity index (χ3n) is 5.45. The highest BCUT2D eigenvalue weighted by atomic mass is 19.4. The van der Waals surface area contributed by atoms with Crippen LogP contribution in [-0.2, 0) is 38.3 Å². The molecule has 0 aromatic heterocycles. The molecule has 7 nitrogen and oxygen atoms in total. The Morgan fingerprint density at radius 3 is 2.33 bits per heavy atom. The van der Waals surface area contributed by atoms with Crippen LogP contribution < -0.4 is 11.1 Å². The van der Waals surface area contributed by atoms with Crippen molar-refractivity contribution in [2.45, 2.75) is 44.1 Å². The number of nitrogens with zero attached hydrogens (tertiary/aromatic N) is 1. The number of benzene rings is 2. The Kier molecular flexibility index (Phi) is 7.15. The standard InChI is InChI=1S/C23H22F3N3O4/c24-23(25,26)16-9-5-4-8-15(16)13-29-18(10-11-19(29)30)22(33)28-17(20(31)21(27)32)12-14-6-2-1-3-7-14/h1-9,17-18H,10-13H2,(H2,27,32)(H,28,33)/t17?,18-/m0/s1. The fraction of sp³-hybridized carbons (Fsp3) is 0.304. The molecular weight excluding hydrogens is 439 g/mol. The molecule has 1 fully saturated rings. The van der Waals surface area contributed by atoms with Gasteiger partial charge in [0.2, 0.25) is 17.6 Å². The van der Waals surface area contributed by atoms with E-state index >= 15 is 0 Å². The largest absolute Gasteiger partial charge is 0.416 e. The number of likely N-dealkylation sites (tertiary alicyclic amines) is 1. The lowest BCUT2D eigenvalue weighted by atomic mass is 10.0. The van der Waals surface area contributed by atoms with E-state index in [0.29, 0.717) is 5.56 Å². The zero-order valence-electron chi connectivity index (χ0n) is 17.5. The van der Waals surface area contributed by atoms with Crippen LogP contribution in [0.15, 0.2) is 54.6 Å². The Balaban J connectivity index is 1.80. The van der Waals surface area contributed by atoms with Gasteiger partial charge < -0.3 is 16.0 Å². The van der Waals surface area contributed by atoms with Crippen LogP contribution in [0.25, 0.3) is 0 Å². The molecule has 33 heavy (non-hydrogen) atoms. The van der Waals surface area contributed by atoms with Gasteiger partial charge in [-0.3, -0.25) is 19.2 Å². The molecule has 0 spiro atoms. The normalized spacial score (nSPS) is 17.0. The maximum atomic E-state index is 13.4. The average Bonchev–Trinajstić information content (AvgIpc) is 3.13. The molecular formula is C23H22F3N3O4. The Labute approximate surface area is 187 Å². The summed E-state index contributed by atoms with van der Waals surface area (Å²) in [5.74, 6) is -3.45. The number of ketones is 1. The molecule has 1 unspecified atom stereocenters. The quantitative estimate of drug-likeness (QED) is 0.586. The second kappa shape index (κ2) is 9.85. The van der Waals surface area contributed by atoms with Gasteiger partial charge in [0.15, 0.2) is 0 Å². The Morgan fingerprint density at radius 1 is 1.06 bits per heavy atom. The Bertz CT molecular complexity index is 1060. The van der Waals surface area contributed by atoms with E-state index in [4.69, 9.17) is 5.73 Å². The number of Topliss-reactive ketones (excluding diaryl/α,β-unsaturated/α-hetero) is 1. The SMILES string of the molecule is NC(=O)C(=O)C(Cc1ccccc1)NC(=O)[C@@H]1CCC(=O)N1Cc1ccccc1C(F)(F)F. The lowest BCUT2D eigenvalue weighted by molar-refractivity contribution is -0.141. The molecule has 10 heteroatoms. The van der Waals surface area contributed by atoms with Crippen LogP contribution >= 0.6 is 0 Å². The molecule has 2 aromatic carbocycles. The molecule has 3 amide bonds. The van der Waals surface area contributed by atoms with Gasteiger partial charge in [0.25, 0.3) is 5.91 Å². The summed E-state index contributed by atoms with van der Waals surface area (Å²) in [5, 5.41) is 2.46. The number of amides is 3. The minimum Gasteiger partial charge on any atom is -0.363 e. The molecule has 2 aromatic rings. The summed E-state index contributed by atoms with van der Waals surface area (Å²) in [6.07, 6.45) is -4.58. The molecule has 1 saturated heterocycles. The van der Waals surface area contributed by atoms with Gasteiger partial charge in [-0.2, -0.15) is 13.2 Å². The van der Waals surface area contributed by atoms with Crippen LogP contribution in [0.4, 0.5) is 13.2 Å². The molecule has 0 aliphatic carbocycles. The second-order valence-electron chi connectivity index (χ2n) is 7.71. The lowest BCUT2D eigenvalue weighted by Gasteiger charge is -2.27. The van der Waals surface area contributed by atoms with E-state index in [1.54, 1.807) is 30.3 Å². The summed E-state index contributed by atoms with van der Waals surface area (Å²) in [7, 11) is 0. The highest BCUT2D eigenvalue weighted by Gasteiger charge is 2.40. The van der Waals surface area contributed by atoms with Gasteiger partial charge in [0.1, 0.15) is 12.1 Å². The number of nitrogens with one attached hydrogen (secondary N) is 1. The van der Waals surface area contributed by atoms with Crippen molar-refractivity contribution in [3.8, 4) is 0 Å². The summed E-state index contributed by atoms with van der Waals surface area (Å²) < 4.78 is 40.1. The molecule has 1 aliphatic heterocycles. The maximum Gasteiger partial charge on any atom is 0.416 e. The van der Waals surface area contributed by atoms with Crippen molar-refractivity contribution in [3.05, 3.63) is 71.3 Å². The molecule has 3 N–H and O–H groups in total. The first kappa shape index (κ1) is 24.0. The van der Waals surface area contributed by atoms with E-state index in [1.807, 2.05) is 0 Å². The van der Waals surface area contributed by atoms with Crippen molar-refractivity contribution in [2.75, 3.05) is 0 Å². The molecule has 0 saturated carbocycles. The first-order chi connectivity index (χ1) is 15.6. The van der Waals surface area contributed by atoms with Crippen molar-refractivity contribution in [1.29, 1.82) is 0 Å². The highest BCUT2D eigenvalue weighted by Crippen LogP contribution is 2.33. The monoisotopic (exact) mass is 461 g/mol. The van der Waals surface area contributed by atoms with E-state index in [-0.39, 0.29) is 24.8 Å².